The summed E-state index contributed by atoms with van der Waals surface area (Å²) in [5, 5.41) is 43.5. The van der Waals surface area contributed by atoms with E-state index in [-0.39, 0.29) is 12.1 Å². The van der Waals surface area contributed by atoms with Gasteiger partial charge >= 0.3 is 0 Å². The molecule has 2 aromatic carbocycles. The molecule has 0 saturated heterocycles. The van der Waals surface area contributed by atoms with E-state index in [2.05, 4.69) is 0 Å². The summed E-state index contributed by atoms with van der Waals surface area (Å²) in [4.78, 5) is 21.8. The number of hydrogen-bond acceptors (Lipinski definition) is 8. The van der Waals surface area contributed by atoms with Crippen LogP contribution in [0.3, 0.4) is 0 Å². The van der Waals surface area contributed by atoms with Crippen LogP contribution in [-0.2, 0) is 4.79 Å². The number of carbonyl (C=O) groups is 2. The topological polar surface area (TPSA) is 145 Å². The van der Waals surface area contributed by atoms with E-state index in [9.17, 15) is 9.59 Å². The zero-order valence-electron chi connectivity index (χ0n) is 16.4. The van der Waals surface area contributed by atoms with Gasteiger partial charge in [0.15, 0.2) is 12.1 Å². The summed E-state index contributed by atoms with van der Waals surface area (Å²) in [6.07, 6.45) is -3.50. The van der Waals surface area contributed by atoms with Gasteiger partial charge in [0, 0.05) is 11.1 Å². The first-order valence-corrected chi connectivity index (χ1v) is 9.04. The van der Waals surface area contributed by atoms with Crippen LogP contribution in [0.2, 0.25) is 0 Å². The summed E-state index contributed by atoms with van der Waals surface area (Å²) < 4.78 is 5.22. The summed E-state index contributed by atoms with van der Waals surface area (Å²) >= 11 is 0. The summed E-state index contributed by atoms with van der Waals surface area (Å²) in [6, 6.07) is 16.8. The van der Waals surface area contributed by atoms with Crippen molar-refractivity contribution < 1.29 is 39.9 Å². The zero-order chi connectivity index (χ0) is 22.5. The van der Waals surface area contributed by atoms with Crippen LogP contribution in [0.1, 0.15) is 15.9 Å². The Morgan fingerprint density at radius 1 is 0.967 bits per heavy atom. The number of aldehydes is 1. The predicted molar refractivity (Wildman–Crippen MR) is 110 cm³/mol. The number of ether oxygens (including phenoxy) is 1. The maximum Gasteiger partial charge on any atom is 0.185 e. The third-order valence-electron chi connectivity index (χ3n) is 4.03. The maximum atomic E-state index is 11.9. The summed E-state index contributed by atoms with van der Waals surface area (Å²) in [7, 11) is 1.62. The number of allylic oxidation sites excluding steroid dienone is 1. The fourth-order valence-electron chi connectivity index (χ4n) is 2.29. The van der Waals surface area contributed by atoms with Crippen molar-refractivity contribution >= 4 is 18.1 Å². The Bertz CT molecular complexity index is 806. The first-order chi connectivity index (χ1) is 14.3. The normalized spacial score (nSPS) is 14.7. The van der Waals surface area contributed by atoms with Gasteiger partial charge in [-0.05, 0) is 18.2 Å². The number of rotatable bonds is 9. The molecule has 5 N–H and O–H groups in total. The van der Waals surface area contributed by atoms with Gasteiger partial charge in [-0.1, -0.05) is 48.5 Å². The second kappa shape index (κ2) is 13.4. The van der Waals surface area contributed by atoms with Gasteiger partial charge in [-0.25, -0.2) is 0 Å². The lowest BCUT2D eigenvalue weighted by Crippen LogP contribution is -2.46. The van der Waals surface area contributed by atoms with E-state index in [1.165, 1.54) is 0 Å². The first kappa shape index (κ1) is 25.2. The van der Waals surface area contributed by atoms with Crippen molar-refractivity contribution in [1.82, 2.24) is 0 Å². The van der Waals surface area contributed by atoms with Gasteiger partial charge in [0.05, 0.1) is 13.7 Å². The van der Waals surface area contributed by atoms with E-state index in [4.69, 9.17) is 30.3 Å². The van der Waals surface area contributed by atoms with Crippen LogP contribution in [0.25, 0.3) is 6.08 Å². The second-order valence-corrected chi connectivity index (χ2v) is 6.16. The lowest BCUT2D eigenvalue weighted by molar-refractivity contribution is -0.136. The van der Waals surface area contributed by atoms with Crippen molar-refractivity contribution in [3.8, 4) is 5.75 Å². The smallest absolute Gasteiger partial charge is 0.185 e. The van der Waals surface area contributed by atoms with E-state index in [0.717, 1.165) is 11.3 Å². The summed E-state index contributed by atoms with van der Waals surface area (Å²) in [5.74, 6) is 0.746. The molecule has 0 aliphatic carbocycles. The van der Waals surface area contributed by atoms with Crippen LogP contribution >= 0.6 is 0 Å². The van der Waals surface area contributed by atoms with Crippen LogP contribution in [0.4, 0.5) is 0 Å². The molecule has 0 unspecified atom stereocenters. The lowest BCUT2D eigenvalue weighted by Gasteiger charge is -2.22. The molecule has 162 valence electrons. The van der Waals surface area contributed by atoms with E-state index < -0.39 is 31.0 Å². The highest BCUT2D eigenvalue weighted by Gasteiger charge is 2.29. The molecule has 0 aliphatic rings. The van der Waals surface area contributed by atoms with Crippen molar-refractivity contribution in [3.63, 3.8) is 0 Å². The Balaban J connectivity index is 0.000000329. The number of aliphatic hydroxyl groups excluding tert-OH is 5. The number of aliphatic hydroxyl groups is 5. The lowest BCUT2D eigenvalue weighted by atomic mass is 10.0. The highest BCUT2D eigenvalue weighted by atomic mass is 16.5. The quantitative estimate of drug-likeness (QED) is 0.221. The van der Waals surface area contributed by atoms with E-state index in [1.54, 1.807) is 31.4 Å². The third kappa shape index (κ3) is 7.86. The van der Waals surface area contributed by atoms with Crippen molar-refractivity contribution in [2.45, 2.75) is 24.4 Å². The molecular weight excluding hydrogens is 392 g/mol. The second-order valence-electron chi connectivity index (χ2n) is 6.16. The molecular formula is C22H26O8. The highest BCUT2D eigenvalue weighted by Crippen LogP contribution is 2.19. The van der Waals surface area contributed by atoms with Crippen molar-refractivity contribution in [2.24, 2.45) is 0 Å². The van der Waals surface area contributed by atoms with Crippen LogP contribution < -0.4 is 4.74 Å². The molecule has 0 fully saturated rings. The van der Waals surface area contributed by atoms with Crippen molar-refractivity contribution in [2.75, 3.05) is 13.7 Å². The van der Waals surface area contributed by atoms with Gasteiger partial charge in [0.25, 0.3) is 0 Å². The Morgan fingerprint density at radius 3 is 2.13 bits per heavy atom. The molecule has 0 aromatic heterocycles. The van der Waals surface area contributed by atoms with Gasteiger partial charge in [0.1, 0.15) is 30.2 Å². The minimum absolute atomic E-state index is 0.0125. The fourth-order valence-corrected chi connectivity index (χ4v) is 2.29. The summed E-state index contributed by atoms with van der Waals surface area (Å²) in [5.41, 5.74) is 1.58. The number of hydrogen-bond donors (Lipinski definition) is 5. The van der Waals surface area contributed by atoms with Gasteiger partial charge in [0.2, 0.25) is 0 Å². The highest BCUT2D eigenvalue weighted by molar-refractivity contribution is 6.06. The Hall–Kier alpha value is -2.88. The van der Waals surface area contributed by atoms with Gasteiger partial charge in [-0.3, -0.25) is 4.79 Å². The number of carbonyl (C=O) groups excluding carboxylic acids is 2. The molecule has 8 heteroatoms. The van der Waals surface area contributed by atoms with Gasteiger partial charge in [-0.2, -0.15) is 0 Å². The Labute approximate surface area is 174 Å². The molecule has 0 radical (unpaired) electrons. The van der Waals surface area contributed by atoms with Gasteiger partial charge < -0.3 is 35.1 Å². The van der Waals surface area contributed by atoms with Crippen molar-refractivity contribution in [3.05, 3.63) is 71.8 Å². The minimum atomic E-state index is -1.79. The molecule has 0 aliphatic heterocycles. The molecule has 0 saturated carbocycles. The average Bonchev–Trinajstić information content (AvgIpc) is 2.81. The van der Waals surface area contributed by atoms with E-state index in [1.807, 2.05) is 42.5 Å². The molecule has 0 bridgehead atoms. The molecule has 0 heterocycles. The monoisotopic (exact) mass is 418 g/mol. The van der Waals surface area contributed by atoms with Crippen LogP contribution in [-0.4, -0.2) is 75.7 Å². The molecule has 2 aromatic rings. The predicted octanol–water partition coefficient (Wildman–Crippen LogP) is 0.212. The minimum Gasteiger partial charge on any atom is -0.496 e. The number of para-hydroxylation sites is 1. The molecule has 8 nitrogen and oxygen atoms in total. The molecule has 0 amide bonds. The molecule has 0 spiro atoms. The average molecular weight is 418 g/mol. The Kier molecular flexibility index (Phi) is 11.2. The number of methoxy groups -OCH3 is 1. The fraction of sp³-hybridized carbons (Fsp3) is 0.273. The molecule has 2 rings (SSSR count). The Morgan fingerprint density at radius 2 is 1.57 bits per heavy atom. The third-order valence-corrected chi connectivity index (χ3v) is 4.03. The van der Waals surface area contributed by atoms with Gasteiger partial charge in [-0.15, -0.1) is 0 Å². The van der Waals surface area contributed by atoms with Crippen LogP contribution in [0.5, 0.6) is 5.75 Å². The summed E-state index contributed by atoms with van der Waals surface area (Å²) in [6.45, 7) is -0.760. The first-order valence-electron chi connectivity index (χ1n) is 9.04. The largest absolute Gasteiger partial charge is 0.496 e. The number of ketones is 1. The van der Waals surface area contributed by atoms with Crippen LogP contribution in [0, 0.1) is 0 Å². The van der Waals surface area contributed by atoms with Crippen LogP contribution in [0.15, 0.2) is 60.7 Å². The van der Waals surface area contributed by atoms with E-state index in [0.29, 0.717) is 5.56 Å². The molecule has 30 heavy (non-hydrogen) atoms. The van der Waals surface area contributed by atoms with Crippen molar-refractivity contribution in [1.29, 1.82) is 0 Å². The standard InChI is InChI=1S/C16H14O2.C6H12O6/c1-18-16-10-6-5-9-14(16)11-12-15(17)13-7-3-2-4-8-13;7-1-3(9)5(11)6(12)4(10)2-8/h2-12H,1H3;1,3-6,8-12H,2H2/t;3-,4+,5+,6+/m.0/s1. The van der Waals surface area contributed by atoms with E-state index >= 15 is 0 Å². The SMILES string of the molecule is COc1ccccc1C=CC(=O)c1ccccc1.O=C[C@H](O)[C@@H](O)[C@H](O)[C@H](O)CO. The number of benzene rings is 2. The molecule has 4 atom stereocenters. The maximum absolute atomic E-state index is 11.9. The zero-order valence-corrected chi connectivity index (χ0v) is 16.4.